The Morgan fingerprint density at radius 2 is 1.89 bits per heavy atom. The van der Waals surface area contributed by atoms with Gasteiger partial charge in [-0.2, -0.15) is 5.10 Å². The van der Waals surface area contributed by atoms with Crippen LogP contribution in [-0.4, -0.2) is 24.1 Å². The fourth-order valence-electron chi connectivity index (χ4n) is 2.38. The lowest BCUT2D eigenvalue weighted by atomic mass is 10.0. The Kier molecular flexibility index (Phi) is 8.00. The first kappa shape index (κ1) is 21.1. The van der Waals surface area contributed by atoms with Crippen molar-refractivity contribution in [1.29, 1.82) is 0 Å². The summed E-state index contributed by atoms with van der Waals surface area (Å²) >= 11 is 9.23. The van der Waals surface area contributed by atoms with Gasteiger partial charge in [0.25, 0.3) is 11.8 Å². The van der Waals surface area contributed by atoms with Crippen LogP contribution in [0.3, 0.4) is 0 Å². The minimum atomic E-state index is -0.687. The van der Waals surface area contributed by atoms with Crippen molar-refractivity contribution < 1.29 is 9.59 Å². The van der Waals surface area contributed by atoms with E-state index in [1.807, 2.05) is 38.1 Å². The fraction of sp³-hybridized carbons (Fsp3) is 0.250. The molecule has 2 amide bonds. The second-order valence-corrected chi connectivity index (χ2v) is 7.80. The van der Waals surface area contributed by atoms with Crippen LogP contribution in [0.15, 0.2) is 58.1 Å². The number of hydrogen-bond donors (Lipinski definition) is 2. The molecule has 0 fully saturated rings. The van der Waals surface area contributed by atoms with Gasteiger partial charge in [0.1, 0.15) is 6.04 Å². The third-order valence-corrected chi connectivity index (χ3v) is 4.42. The summed E-state index contributed by atoms with van der Waals surface area (Å²) in [4.78, 5) is 24.9. The van der Waals surface area contributed by atoms with Crippen molar-refractivity contribution in [1.82, 2.24) is 10.7 Å². The zero-order valence-corrected chi connectivity index (χ0v) is 17.4. The fourth-order valence-corrected chi connectivity index (χ4v) is 2.92. The molecule has 0 bridgehead atoms. The lowest BCUT2D eigenvalue weighted by Crippen LogP contribution is -2.46. The molecule has 1 unspecified atom stereocenters. The molecule has 0 radical (unpaired) electrons. The molecule has 0 saturated carbocycles. The smallest absolute Gasteiger partial charge is 0.262 e. The number of hydrogen-bond acceptors (Lipinski definition) is 3. The largest absolute Gasteiger partial charge is 0.340 e. The van der Waals surface area contributed by atoms with Crippen LogP contribution in [0.25, 0.3) is 0 Å². The van der Waals surface area contributed by atoms with Crippen LogP contribution in [-0.2, 0) is 4.79 Å². The number of halogens is 2. The summed E-state index contributed by atoms with van der Waals surface area (Å²) in [6.07, 6.45) is 2.05. The molecule has 1 atom stereocenters. The van der Waals surface area contributed by atoms with Gasteiger partial charge in [-0.3, -0.25) is 9.59 Å². The van der Waals surface area contributed by atoms with Gasteiger partial charge >= 0.3 is 0 Å². The first-order valence-electron chi connectivity index (χ1n) is 8.50. The first-order chi connectivity index (χ1) is 12.8. The van der Waals surface area contributed by atoms with Gasteiger partial charge in [-0.25, -0.2) is 5.43 Å². The van der Waals surface area contributed by atoms with Gasteiger partial charge in [0, 0.05) is 15.1 Å². The number of benzene rings is 2. The van der Waals surface area contributed by atoms with Crippen LogP contribution < -0.4 is 10.7 Å². The molecule has 0 aliphatic carbocycles. The third kappa shape index (κ3) is 7.15. The minimum Gasteiger partial charge on any atom is -0.340 e. The molecule has 5 nitrogen and oxygen atoms in total. The van der Waals surface area contributed by atoms with Crippen molar-refractivity contribution in [2.45, 2.75) is 26.3 Å². The van der Waals surface area contributed by atoms with Crippen LogP contribution in [0.4, 0.5) is 0 Å². The Labute approximate surface area is 172 Å². The molecule has 2 aromatic rings. The van der Waals surface area contributed by atoms with E-state index >= 15 is 0 Å². The predicted octanol–water partition coefficient (Wildman–Crippen LogP) is 4.40. The van der Waals surface area contributed by atoms with E-state index in [1.54, 1.807) is 30.5 Å². The molecule has 2 N–H and O–H groups in total. The van der Waals surface area contributed by atoms with Gasteiger partial charge < -0.3 is 5.32 Å². The zero-order valence-electron chi connectivity index (χ0n) is 15.1. The monoisotopic (exact) mass is 449 g/mol. The maximum Gasteiger partial charge on any atom is 0.262 e. The Bertz CT molecular complexity index is 822. The van der Waals surface area contributed by atoms with E-state index in [2.05, 4.69) is 31.8 Å². The molecule has 0 aromatic heterocycles. The number of rotatable bonds is 7. The lowest BCUT2D eigenvalue weighted by Gasteiger charge is -2.19. The van der Waals surface area contributed by atoms with E-state index in [-0.39, 0.29) is 17.7 Å². The topological polar surface area (TPSA) is 70.6 Å². The number of carbonyl (C=O) groups excluding carboxylic acids is 2. The molecule has 2 rings (SSSR count). The van der Waals surface area contributed by atoms with E-state index in [0.29, 0.717) is 17.0 Å². The van der Waals surface area contributed by atoms with Crippen molar-refractivity contribution >= 4 is 45.6 Å². The first-order valence-corrected chi connectivity index (χ1v) is 9.67. The van der Waals surface area contributed by atoms with Crippen molar-refractivity contribution in [3.63, 3.8) is 0 Å². The molecule has 142 valence electrons. The lowest BCUT2D eigenvalue weighted by molar-refractivity contribution is -0.123. The number of nitrogens with one attached hydrogen (secondary N) is 2. The van der Waals surface area contributed by atoms with Gasteiger partial charge in [0.2, 0.25) is 0 Å². The second kappa shape index (κ2) is 10.2. The van der Waals surface area contributed by atoms with E-state index < -0.39 is 6.04 Å². The molecular formula is C20H21BrClN3O2. The number of amides is 2. The summed E-state index contributed by atoms with van der Waals surface area (Å²) < 4.78 is 0.922. The van der Waals surface area contributed by atoms with Crippen LogP contribution in [0.5, 0.6) is 0 Å². The van der Waals surface area contributed by atoms with E-state index in [1.165, 1.54) is 0 Å². The van der Waals surface area contributed by atoms with Crippen LogP contribution in [0.2, 0.25) is 5.02 Å². The Balaban J connectivity index is 2.02. The molecule has 7 heteroatoms. The van der Waals surface area contributed by atoms with Gasteiger partial charge in [-0.15, -0.1) is 0 Å². The highest BCUT2D eigenvalue weighted by molar-refractivity contribution is 9.10. The summed E-state index contributed by atoms with van der Waals surface area (Å²) in [5.74, 6) is -0.471. The average molecular weight is 451 g/mol. The highest BCUT2D eigenvalue weighted by Crippen LogP contribution is 2.12. The molecule has 0 aliphatic heterocycles. The maximum atomic E-state index is 12.5. The summed E-state index contributed by atoms with van der Waals surface area (Å²) in [5, 5.41) is 7.30. The second-order valence-electron chi connectivity index (χ2n) is 6.45. The maximum absolute atomic E-state index is 12.5. The molecule has 0 heterocycles. The van der Waals surface area contributed by atoms with E-state index in [0.717, 1.165) is 10.0 Å². The number of hydrazone groups is 1. The van der Waals surface area contributed by atoms with Crippen molar-refractivity contribution in [3.8, 4) is 0 Å². The van der Waals surface area contributed by atoms with Crippen LogP contribution in [0, 0.1) is 5.92 Å². The molecular weight excluding hydrogens is 430 g/mol. The van der Waals surface area contributed by atoms with E-state index in [9.17, 15) is 9.59 Å². The highest BCUT2D eigenvalue weighted by atomic mass is 79.9. The average Bonchev–Trinajstić information content (AvgIpc) is 2.61. The highest BCUT2D eigenvalue weighted by Gasteiger charge is 2.22. The molecule has 27 heavy (non-hydrogen) atoms. The van der Waals surface area contributed by atoms with Gasteiger partial charge in [-0.05, 0) is 54.3 Å². The molecule has 2 aromatic carbocycles. The minimum absolute atomic E-state index is 0.223. The summed E-state index contributed by atoms with van der Waals surface area (Å²) in [7, 11) is 0. The Morgan fingerprint density at radius 3 is 2.52 bits per heavy atom. The van der Waals surface area contributed by atoms with Gasteiger partial charge in [0.05, 0.1) is 6.21 Å². The van der Waals surface area contributed by atoms with Crippen LogP contribution in [0.1, 0.15) is 36.2 Å². The summed E-state index contributed by atoms with van der Waals surface area (Å²) in [5.41, 5.74) is 3.79. The van der Waals surface area contributed by atoms with Gasteiger partial charge in [0.15, 0.2) is 0 Å². The number of nitrogens with zero attached hydrogens (tertiary/aromatic N) is 1. The van der Waals surface area contributed by atoms with Crippen molar-refractivity contribution in [3.05, 3.63) is 69.2 Å². The quantitative estimate of drug-likeness (QED) is 0.485. The van der Waals surface area contributed by atoms with E-state index in [4.69, 9.17) is 11.6 Å². The predicted molar refractivity (Wildman–Crippen MR) is 112 cm³/mol. The molecule has 0 aliphatic rings. The van der Waals surface area contributed by atoms with Crippen molar-refractivity contribution in [2.75, 3.05) is 0 Å². The Hall–Kier alpha value is -2.18. The standard InChI is InChI=1S/C20H21BrClN3O2/c1-13(2)10-18(24-19(26)15-6-8-17(22)9-7-15)20(27)25-23-12-14-4-3-5-16(21)11-14/h3-9,11-13,18H,10H2,1-2H3,(H,24,26)(H,25,27). The third-order valence-electron chi connectivity index (χ3n) is 3.67. The summed E-state index contributed by atoms with van der Waals surface area (Å²) in [6, 6.07) is 13.3. The van der Waals surface area contributed by atoms with Crippen molar-refractivity contribution in [2.24, 2.45) is 11.0 Å². The normalized spacial score (nSPS) is 12.2. The zero-order chi connectivity index (χ0) is 19.8. The number of carbonyl (C=O) groups is 2. The Morgan fingerprint density at radius 1 is 1.19 bits per heavy atom. The molecule has 0 saturated heterocycles. The SMILES string of the molecule is CC(C)CC(NC(=O)c1ccc(Cl)cc1)C(=O)NN=Cc1cccc(Br)c1. The summed E-state index contributed by atoms with van der Waals surface area (Å²) in [6.45, 7) is 3.97. The van der Waals surface area contributed by atoms with Gasteiger partial charge in [-0.1, -0.05) is 53.5 Å². The molecule has 0 spiro atoms. The van der Waals surface area contributed by atoms with Crippen LogP contribution >= 0.6 is 27.5 Å².